The van der Waals surface area contributed by atoms with Crippen molar-refractivity contribution in [3.05, 3.63) is 0 Å². The van der Waals surface area contributed by atoms with Crippen LogP contribution in [0.25, 0.3) is 0 Å². The summed E-state index contributed by atoms with van der Waals surface area (Å²) in [4.78, 5) is 29.8. The second-order valence-corrected chi connectivity index (χ2v) is 4.78. The van der Waals surface area contributed by atoms with E-state index in [2.05, 4.69) is 4.74 Å². The lowest BCUT2D eigenvalue weighted by Gasteiger charge is -1.93. The second-order valence-electron chi connectivity index (χ2n) is 2.32. The number of carboxylic acids is 2. The highest BCUT2D eigenvalue weighted by atomic mass is 33.1. The molecule has 0 fully saturated rings. The molecule has 0 aromatic heterocycles. The topological polar surface area (TPSA) is 127 Å². The third-order valence-corrected chi connectivity index (χ3v) is 3.02. The summed E-state index contributed by atoms with van der Waals surface area (Å²) in [5.41, 5.74) is 4.88. The first-order valence-corrected chi connectivity index (χ1v) is 6.96. The Kier molecular flexibility index (Phi) is 14.2. The van der Waals surface area contributed by atoms with Gasteiger partial charge >= 0.3 is 17.9 Å². The zero-order chi connectivity index (χ0) is 13.7. The molecular formula is C8H15NO6S2. The molecule has 0 aromatic rings. The summed E-state index contributed by atoms with van der Waals surface area (Å²) in [6.07, 6.45) is 0. The number of hydrogen-bond acceptors (Lipinski definition) is 7. The molecule has 9 heteroatoms. The SMILES string of the molecule is CCOC(=O)CN.O=C(O)CSSCC(=O)O. The van der Waals surface area contributed by atoms with Gasteiger partial charge in [-0.3, -0.25) is 14.4 Å². The van der Waals surface area contributed by atoms with Crippen LogP contribution in [-0.2, 0) is 19.1 Å². The van der Waals surface area contributed by atoms with Gasteiger partial charge in [-0.2, -0.15) is 0 Å². The maximum atomic E-state index is 10.1. The molecule has 0 aliphatic heterocycles. The van der Waals surface area contributed by atoms with E-state index in [0.29, 0.717) is 6.61 Å². The van der Waals surface area contributed by atoms with Gasteiger partial charge in [0.05, 0.1) is 13.2 Å². The maximum Gasteiger partial charge on any atom is 0.319 e. The lowest BCUT2D eigenvalue weighted by atomic mass is 10.7. The fourth-order valence-corrected chi connectivity index (χ4v) is 1.88. The zero-order valence-corrected chi connectivity index (χ0v) is 10.9. The standard InChI is InChI=1S/C4H9NO2.C4H6O4S2/c1-2-7-4(6)3-5;5-3(6)1-9-10-2-4(7)8/h2-3,5H2,1H3;1-2H2,(H,5,6)(H,7,8). The Balaban J connectivity index is 0. The van der Waals surface area contributed by atoms with Crippen molar-refractivity contribution >= 4 is 39.5 Å². The number of rotatable bonds is 7. The van der Waals surface area contributed by atoms with Crippen LogP contribution in [0.2, 0.25) is 0 Å². The summed E-state index contributed by atoms with van der Waals surface area (Å²) in [5, 5.41) is 16.2. The number of carbonyl (C=O) groups is 3. The molecule has 0 radical (unpaired) electrons. The van der Waals surface area contributed by atoms with Crippen LogP contribution in [0, 0.1) is 0 Å². The summed E-state index contributed by atoms with van der Waals surface area (Å²) < 4.78 is 4.43. The Hall–Kier alpha value is -0.930. The molecular weight excluding hydrogens is 270 g/mol. The normalized spacial score (nSPS) is 8.82. The summed E-state index contributed by atoms with van der Waals surface area (Å²) >= 11 is 0. The van der Waals surface area contributed by atoms with Gasteiger partial charge < -0.3 is 20.7 Å². The van der Waals surface area contributed by atoms with Gasteiger partial charge in [0.25, 0.3) is 0 Å². The smallest absolute Gasteiger partial charge is 0.319 e. The first-order chi connectivity index (χ1) is 7.93. The maximum absolute atomic E-state index is 10.1. The van der Waals surface area contributed by atoms with Crippen LogP contribution in [0.15, 0.2) is 0 Å². The van der Waals surface area contributed by atoms with Gasteiger partial charge in [0, 0.05) is 0 Å². The van der Waals surface area contributed by atoms with Crippen LogP contribution in [0.4, 0.5) is 0 Å². The Morgan fingerprint density at radius 3 is 1.71 bits per heavy atom. The van der Waals surface area contributed by atoms with E-state index in [9.17, 15) is 14.4 Å². The van der Waals surface area contributed by atoms with Crippen molar-refractivity contribution < 1.29 is 29.3 Å². The minimum atomic E-state index is -0.928. The highest BCUT2D eigenvalue weighted by Crippen LogP contribution is 2.19. The molecule has 0 amide bonds. The molecule has 0 bridgehead atoms. The number of carbonyl (C=O) groups excluding carboxylic acids is 1. The summed E-state index contributed by atoms with van der Waals surface area (Å²) in [5.74, 6) is -2.32. The molecule has 0 saturated heterocycles. The van der Waals surface area contributed by atoms with E-state index in [-0.39, 0.29) is 24.0 Å². The summed E-state index contributed by atoms with van der Waals surface area (Å²) in [6.45, 7) is 2.14. The molecule has 7 nitrogen and oxygen atoms in total. The molecule has 0 spiro atoms. The Labute approximate surface area is 106 Å². The van der Waals surface area contributed by atoms with Gasteiger partial charge in [0.1, 0.15) is 11.5 Å². The van der Waals surface area contributed by atoms with Crippen molar-refractivity contribution in [1.82, 2.24) is 0 Å². The van der Waals surface area contributed by atoms with Gasteiger partial charge in [-0.1, -0.05) is 21.6 Å². The van der Waals surface area contributed by atoms with Gasteiger partial charge in [-0.15, -0.1) is 0 Å². The molecule has 17 heavy (non-hydrogen) atoms. The Morgan fingerprint density at radius 2 is 1.53 bits per heavy atom. The largest absolute Gasteiger partial charge is 0.481 e. The van der Waals surface area contributed by atoms with Crippen LogP contribution < -0.4 is 5.73 Å². The molecule has 0 aliphatic carbocycles. The Morgan fingerprint density at radius 1 is 1.12 bits per heavy atom. The monoisotopic (exact) mass is 285 g/mol. The fourth-order valence-electron chi connectivity index (χ4n) is 0.404. The van der Waals surface area contributed by atoms with E-state index >= 15 is 0 Å². The summed E-state index contributed by atoms with van der Waals surface area (Å²) in [7, 11) is 2.05. The van der Waals surface area contributed by atoms with Crippen molar-refractivity contribution in [3.63, 3.8) is 0 Å². The van der Waals surface area contributed by atoms with Crippen LogP contribution in [0.1, 0.15) is 6.92 Å². The van der Waals surface area contributed by atoms with Gasteiger partial charge in [-0.25, -0.2) is 0 Å². The number of carboxylic acid groups (broad SMARTS) is 2. The molecule has 0 saturated carbocycles. The molecule has 0 aliphatic rings. The first-order valence-electron chi connectivity index (χ1n) is 4.47. The molecule has 4 N–H and O–H groups in total. The van der Waals surface area contributed by atoms with Gasteiger partial charge in [-0.05, 0) is 6.92 Å². The average molecular weight is 285 g/mol. The van der Waals surface area contributed by atoms with Crippen molar-refractivity contribution in [3.8, 4) is 0 Å². The van der Waals surface area contributed by atoms with Crippen LogP contribution in [-0.4, -0.2) is 52.8 Å². The number of aliphatic carboxylic acids is 2. The average Bonchev–Trinajstić information content (AvgIpc) is 2.25. The molecule has 0 heterocycles. The van der Waals surface area contributed by atoms with Crippen LogP contribution >= 0.6 is 21.6 Å². The van der Waals surface area contributed by atoms with E-state index in [1.54, 1.807) is 6.92 Å². The van der Waals surface area contributed by atoms with Gasteiger partial charge in [0.15, 0.2) is 0 Å². The van der Waals surface area contributed by atoms with Crippen LogP contribution in [0.3, 0.4) is 0 Å². The van der Waals surface area contributed by atoms with Crippen molar-refractivity contribution in [2.24, 2.45) is 5.73 Å². The van der Waals surface area contributed by atoms with Crippen molar-refractivity contribution in [1.29, 1.82) is 0 Å². The highest BCUT2D eigenvalue weighted by molar-refractivity contribution is 8.77. The lowest BCUT2D eigenvalue weighted by Crippen LogP contribution is -2.16. The highest BCUT2D eigenvalue weighted by Gasteiger charge is 2.00. The minimum absolute atomic E-state index is 0.0200. The molecule has 100 valence electrons. The predicted octanol–water partition coefficient (Wildman–Crippen LogP) is 0.0452. The van der Waals surface area contributed by atoms with E-state index in [4.69, 9.17) is 15.9 Å². The van der Waals surface area contributed by atoms with Crippen LogP contribution in [0.5, 0.6) is 0 Å². The third-order valence-electron chi connectivity index (χ3n) is 0.920. The molecule has 0 rings (SSSR count). The van der Waals surface area contributed by atoms with E-state index in [0.717, 1.165) is 21.6 Å². The molecule has 0 atom stereocenters. The van der Waals surface area contributed by atoms with E-state index in [1.807, 2.05) is 0 Å². The number of ether oxygens (including phenoxy) is 1. The third kappa shape index (κ3) is 21.0. The Bertz CT molecular complexity index is 232. The van der Waals surface area contributed by atoms with Gasteiger partial charge in [0.2, 0.25) is 0 Å². The predicted molar refractivity (Wildman–Crippen MR) is 65.9 cm³/mol. The fraction of sp³-hybridized carbons (Fsp3) is 0.625. The molecule has 0 unspecified atom stereocenters. The first kappa shape index (κ1) is 18.4. The number of hydrogen-bond donors (Lipinski definition) is 3. The second kappa shape index (κ2) is 13.1. The molecule has 0 aromatic carbocycles. The van der Waals surface area contributed by atoms with Crippen molar-refractivity contribution in [2.75, 3.05) is 24.7 Å². The minimum Gasteiger partial charge on any atom is -0.481 e. The van der Waals surface area contributed by atoms with E-state index < -0.39 is 11.9 Å². The van der Waals surface area contributed by atoms with E-state index in [1.165, 1.54) is 0 Å². The number of esters is 1. The lowest BCUT2D eigenvalue weighted by molar-refractivity contribution is -0.141. The summed E-state index contributed by atoms with van der Waals surface area (Å²) in [6, 6.07) is 0. The zero-order valence-electron chi connectivity index (χ0n) is 9.25. The quantitative estimate of drug-likeness (QED) is 0.337. The number of nitrogens with two attached hydrogens (primary N) is 1. The van der Waals surface area contributed by atoms with Crippen molar-refractivity contribution in [2.45, 2.75) is 6.92 Å².